The molecular weight excluding hydrogens is 408 g/mol. The van der Waals surface area contributed by atoms with Crippen molar-refractivity contribution in [2.24, 2.45) is 0 Å². The molecule has 1 N–H and O–H groups in total. The van der Waals surface area contributed by atoms with E-state index in [-0.39, 0.29) is 20.6 Å². The molecule has 1 aromatic carbocycles. The molecule has 10 heteroatoms. The van der Waals surface area contributed by atoms with Gasteiger partial charge in [0.1, 0.15) is 9.90 Å². The van der Waals surface area contributed by atoms with Crippen LogP contribution >= 0.6 is 22.9 Å². The van der Waals surface area contributed by atoms with Gasteiger partial charge in [0.05, 0.1) is 27.0 Å². The van der Waals surface area contributed by atoms with E-state index in [1.807, 2.05) is 0 Å². The first-order chi connectivity index (χ1) is 13.4. The maximum atomic E-state index is 12.4. The topological polar surface area (TPSA) is 99.4 Å². The Kier molecular flexibility index (Phi) is 5.57. The molecule has 0 fully saturated rings. The molecule has 0 saturated carbocycles. The zero-order valence-electron chi connectivity index (χ0n) is 15.1. The first-order valence-corrected chi connectivity index (χ1v) is 9.02. The molecule has 0 aliphatic rings. The Morgan fingerprint density at radius 1 is 1.18 bits per heavy atom. The number of carbonyl (C=O) groups is 1. The molecule has 0 aliphatic carbocycles. The van der Waals surface area contributed by atoms with Crippen LogP contribution in [-0.4, -0.2) is 41.8 Å². The highest BCUT2D eigenvalue weighted by Gasteiger charge is 2.16. The standard InChI is InChI=1S/C18H15ClN2O6S/c1-25-11-7-5-9(14(26-2)15(11)27-3)4-6-10-13(19)16(22)21-8-12(17(23)24)28-18(21)20-10/h4-8H,1-3H3,(H,23,24). The fraction of sp³-hybridized carbons (Fsp3) is 0.167. The van der Waals surface area contributed by atoms with E-state index in [2.05, 4.69) is 4.98 Å². The number of hydrogen-bond donors (Lipinski definition) is 1. The summed E-state index contributed by atoms with van der Waals surface area (Å²) < 4.78 is 17.1. The number of halogens is 1. The molecule has 0 aliphatic heterocycles. The molecule has 0 saturated heterocycles. The minimum absolute atomic E-state index is 0.0108. The van der Waals surface area contributed by atoms with Gasteiger partial charge in [0, 0.05) is 11.8 Å². The molecular formula is C18H15ClN2O6S. The number of hydrogen-bond acceptors (Lipinski definition) is 7. The molecule has 0 amide bonds. The molecule has 0 atom stereocenters. The second-order valence-electron chi connectivity index (χ2n) is 5.43. The summed E-state index contributed by atoms with van der Waals surface area (Å²) in [6.45, 7) is 0. The number of carboxylic acids is 1. The summed E-state index contributed by atoms with van der Waals surface area (Å²) in [5, 5.41) is 8.98. The number of thiazole rings is 1. The van der Waals surface area contributed by atoms with E-state index in [4.69, 9.17) is 30.9 Å². The van der Waals surface area contributed by atoms with Crippen LogP contribution < -0.4 is 19.8 Å². The molecule has 146 valence electrons. The van der Waals surface area contributed by atoms with Crippen LogP contribution in [0.1, 0.15) is 20.9 Å². The van der Waals surface area contributed by atoms with Crippen molar-refractivity contribution in [3.8, 4) is 17.2 Å². The summed E-state index contributed by atoms with van der Waals surface area (Å²) in [4.78, 5) is 28.0. The van der Waals surface area contributed by atoms with E-state index in [9.17, 15) is 9.59 Å². The average molecular weight is 423 g/mol. The molecule has 8 nitrogen and oxygen atoms in total. The fourth-order valence-corrected chi connectivity index (χ4v) is 3.59. The lowest BCUT2D eigenvalue weighted by atomic mass is 10.1. The summed E-state index contributed by atoms with van der Waals surface area (Å²) in [6, 6.07) is 3.47. The molecule has 0 radical (unpaired) electrons. The third-order valence-electron chi connectivity index (χ3n) is 3.87. The number of aromatic carboxylic acids is 1. The number of benzene rings is 1. The van der Waals surface area contributed by atoms with E-state index < -0.39 is 11.5 Å². The van der Waals surface area contributed by atoms with Crippen molar-refractivity contribution in [3.63, 3.8) is 0 Å². The Labute approximate surface area is 168 Å². The van der Waals surface area contributed by atoms with Gasteiger partial charge in [-0.1, -0.05) is 22.9 Å². The fourth-order valence-electron chi connectivity index (χ4n) is 2.57. The lowest BCUT2D eigenvalue weighted by Crippen LogP contribution is -2.14. The van der Waals surface area contributed by atoms with E-state index in [1.54, 1.807) is 24.3 Å². The van der Waals surface area contributed by atoms with Gasteiger partial charge in [0.15, 0.2) is 16.5 Å². The second kappa shape index (κ2) is 7.91. The van der Waals surface area contributed by atoms with Crippen LogP contribution in [0.3, 0.4) is 0 Å². The number of rotatable bonds is 6. The van der Waals surface area contributed by atoms with Crippen molar-refractivity contribution in [3.05, 3.63) is 49.8 Å². The summed E-state index contributed by atoms with van der Waals surface area (Å²) >= 11 is 7.02. The minimum Gasteiger partial charge on any atom is -0.493 e. The third-order valence-corrected chi connectivity index (χ3v) is 5.19. The van der Waals surface area contributed by atoms with Crippen molar-refractivity contribution in [1.29, 1.82) is 0 Å². The number of methoxy groups -OCH3 is 3. The van der Waals surface area contributed by atoms with Crippen molar-refractivity contribution in [1.82, 2.24) is 9.38 Å². The zero-order chi connectivity index (χ0) is 20.4. The summed E-state index contributed by atoms with van der Waals surface area (Å²) in [5.41, 5.74) is 0.312. The van der Waals surface area contributed by atoms with Gasteiger partial charge in [0.25, 0.3) is 5.56 Å². The van der Waals surface area contributed by atoms with E-state index in [0.29, 0.717) is 22.8 Å². The van der Waals surface area contributed by atoms with Gasteiger partial charge < -0.3 is 19.3 Å². The van der Waals surface area contributed by atoms with Gasteiger partial charge in [-0.3, -0.25) is 9.20 Å². The summed E-state index contributed by atoms with van der Waals surface area (Å²) in [7, 11) is 4.51. The van der Waals surface area contributed by atoms with Crippen molar-refractivity contribution >= 4 is 46.0 Å². The Bertz CT molecular complexity index is 1150. The van der Waals surface area contributed by atoms with E-state index in [1.165, 1.54) is 27.5 Å². The Balaban J connectivity index is 2.10. The number of ether oxygens (including phenoxy) is 3. The smallest absolute Gasteiger partial charge is 0.347 e. The Morgan fingerprint density at radius 2 is 1.89 bits per heavy atom. The quantitative estimate of drug-likeness (QED) is 0.650. The lowest BCUT2D eigenvalue weighted by molar-refractivity contribution is 0.0701. The Hall–Kier alpha value is -3.04. The monoisotopic (exact) mass is 422 g/mol. The molecule has 28 heavy (non-hydrogen) atoms. The van der Waals surface area contributed by atoms with E-state index in [0.717, 1.165) is 15.7 Å². The molecule has 2 aromatic heterocycles. The first kappa shape index (κ1) is 19.7. The predicted octanol–water partition coefficient (Wildman–Crippen LogP) is 3.30. The maximum Gasteiger partial charge on any atom is 0.347 e. The van der Waals surface area contributed by atoms with Crippen LogP contribution in [-0.2, 0) is 0 Å². The van der Waals surface area contributed by atoms with Crippen LogP contribution in [0, 0.1) is 0 Å². The molecule has 2 heterocycles. The average Bonchev–Trinajstić information content (AvgIpc) is 3.13. The first-order valence-electron chi connectivity index (χ1n) is 7.83. The lowest BCUT2D eigenvalue weighted by Gasteiger charge is -2.14. The maximum absolute atomic E-state index is 12.4. The SMILES string of the molecule is COc1ccc(C=Cc2nc3sc(C(=O)O)cn3c(=O)c2Cl)c(OC)c1OC. The minimum atomic E-state index is -1.14. The van der Waals surface area contributed by atoms with Gasteiger partial charge in [-0.05, 0) is 24.3 Å². The molecule has 3 aromatic rings. The Morgan fingerprint density at radius 3 is 2.50 bits per heavy atom. The van der Waals surface area contributed by atoms with Gasteiger partial charge in [-0.25, -0.2) is 9.78 Å². The molecule has 3 rings (SSSR count). The highest BCUT2D eigenvalue weighted by Crippen LogP contribution is 2.40. The van der Waals surface area contributed by atoms with Crippen LogP contribution in [0.4, 0.5) is 0 Å². The second-order valence-corrected chi connectivity index (χ2v) is 6.81. The number of nitrogens with zero attached hydrogens (tertiary/aromatic N) is 2. The van der Waals surface area contributed by atoms with Gasteiger partial charge in [0.2, 0.25) is 5.75 Å². The largest absolute Gasteiger partial charge is 0.493 e. The highest BCUT2D eigenvalue weighted by atomic mass is 35.5. The molecule has 0 spiro atoms. The number of carboxylic acid groups (broad SMARTS) is 1. The molecule has 0 unspecified atom stereocenters. The van der Waals surface area contributed by atoms with Crippen LogP contribution in [0.25, 0.3) is 17.1 Å². The van der Waals surface area contributed by atoms with Crippen molar-refractivity contribution < 1.29 is 24.1 Å². The third kappa shape index (κ3) is 3.41. The van der Waals surface area contributed by atoms with Crippen LogP contribution in [0.5, 0.6) is 17.2 Å². The van der Waals surface area contributed by atoms with Gasteiger partial charge >= 0.3 is 5.97 Å². The van der Waals surface area contributed by atoms with Gasteiger partial charge in [-0.2, -0.15) is 0 Å². The van der Waals surface area contributed by atoms with Gasteiger partial charge in [-0.15, -0.1) is 0 Å². The van der Waals surface area contributed by atoms with E-state index >= 15 is 0 Å². The summed E-state index contributed by atoms with van der Waals surface area (Å²) in [5.74, 6) is 0.229. The zero-order valence-corrected chi connectivity index (χ0v) is 16.6. The van der Waals surface area contributed by atoms with Crippen LogP contribution in [0.2, 0.25) is 5.02 Å². The summed E-state index contributed by atoms with van der Waals surface area (Å²) in [6.07, 6.45) is 4.42. The highest BCUT2D eigenvalue weighted by molar-refractivity contribution is 7.18. The normalized spacial score (nSPS) is 11.1. The van der Waals surface area contributed by atoms with Crippen LogP contribution in [0.15, 0.2) is 23.1 Å². The van der Waals surface area contributed by atoms with Crippen molar-refractivity contribution in [2.75, 3.05) is 21.3 Å². The number of fused-ring (bicyclic) bond motifs is 1. The van der Waals surface area contributed by atoms with Crippen molar-refractivity contribution in [2.45, 2.75) is 0 Å². The predicted molar refractivity (Wildman–Crippen MR) is 106 cm³/mol. The number of aromatic nitrogens is 2. The molecule has 0 bridgehead atoms.